The Hall–Kier alpha value is -2.85. The molecule has 11 heteroatoms. The average molecular weight is 490 g/mol. The van der Waals surface area contributed by atoms with Gasteiger partial charge >= 0.3 is 20.2 Å². The van der Waals surface area contributed by atoms with E-state index < -0.39 is 26.3 Å². The predicted octanol–water partition coefficient (Wildman–Crippen LogP) is 2.27. The van der Waals surface area contributed by atoms with Crippen LogP contribution in [-0.4, -0.2) is 55.4 Å². The number of aliphatic carboxylic acids is 1. The fraction of sp³-hybridized carbons (Fsp3) is 0.417. The molecule has 9 nitrogen and oxygen atoms in total. The second kappa shape index (κ2) is 13.9. The Bertz CT molecular complexity index is 919. The van der Waals surface area contributed by atoms with Gasteiger partial charge in [-0.05, 0) is 53.2 Å². The van der Waals surface area contributed by atoms with Gasteiger partial charge in [-0.25, -0.2) is 0 Å². The minimum absolute atomic E-state index is 0. The highest BCUT2D eigenvalue weighted by atomic mass is 16.5. The van der Waals surface area contributed by atoms with E-state index in [0.717, 1.165) is 5.56 Å². The molecule has 0 saturated heterocycles. The molecule has 35 heavy (non-hydrogen) atoms. The molecule has 2 unspecified atom stereocenters. The zero-order valence-corrected chi connectivity index (χ0v) is 18.0. The molecule has 2 aliphatic rings. The van der Waals surface area contributed by atoms with E-state index >= 15 is 0 Å². The molecule has 0 aliphatic carbocycles. The summed E-state index contributed by atoms with van der Waals surface area (Å²) >= 11 is 0. The number of ketones is 1. The molecular formula is C24H36B2O9. The lowest BCUT2D eigenvalue weighted by molar-refractivity contribution is -0.139. The van der Waals surface area contributed by atoms with Crippen LogP contribution in [0.3, 0.4) is 0 Å². The van der Waals surface area contributed by atoms with Crippen LogP contribution in [0.1, 0.15) is 65.4 Å². The number of fused-ring (bicyclic) bond motifs is 2. The molecule has 2 aliphatic heterocycles. The van der Waals surface area contributed by atoms with Crippen LogP contribution in [0.4, 0.5) is 0 Å². The normalized spacial score (nSPS) is 16.8. The number of methoxy groups -OCH3 is 2. The van der Waals surface area contributed by atoms with Crippen molar-refractivity contribution in [1.29, 1.82) is 0 Å². The summed E-state index contributed by atoms with van der Waals surface area (Å²) in [5.41, 5.74) is 2.83. The summed E-state index contributed by atoms with van der Waals surface area (Å²) in [7, 11) is 1.05. The molecule has 3 N–H and O–H groups in total. The predicted molar refractivity (Wildman–Crippen MR) is 137 cm³/mol. The van der Waals surface area contributed by atoms with Gasteiger partial charge in [-0.2, -0.15) is 0 Å². The third kappa shape index (κ3) is 7.57. The van der Waals surface area contributed by atoms with Crippen molar-refractivity contribution in [3.63, 3.8) is 0 Å². The molecule has 192 valence electrons. The summed E-state index contributed by atoms with van der Waals surface area (Å²) in [4.78, 5) is 21.7. The summed E-state index contributed by atoms with van der Waals surface area (Å²) in [5.74, 6) is 0.365. The lowest BCUT2D eigenvalue weighted by Crippen LogP contribution is -2.28. The van der Waals surface area contributed by atoms with Crippen LogP contribution in [0.2, 0.25) is 0 Å². The molecule has 0 spiro atoms. The summed E-state index contributed by atoms with van der Waals surface area (Å²) in [6.45, 7) is 1.51. The van der Waals surface area contributed by atoms with Gasteiger partial charge in [0.15, 0.2) is 0 Å². The number of carbonyl (C=O) groups is 2. The van der Waals surface area contributed by atoms with Gasteiger partial charge in [-0.1, -0.05) is 34.4 Å². The number of carboxylic acid groups (broad SMARTS) is 1. The molecular weight excluding hydrogens is 454 g/mol. The van der Waals surface area contributed by atoms with E-state index in [4.69, 9.17) is 23.9 Å². The van der Waals surface area contributed by atoms with E-state index in [9.17, 15) is 19.6 Å². The van der Waals surface area contributed by atoms with Crippen LogP contribution in [0.15, 0.2) is 36.4 Å². The molecule has 0 radical (unpaired) electrons. The van der Waals surface area contributed by atoms with Crippen molar-refractivity contribution < 1.29 is 43.5 Å². The topological polar surface area (TPSA) is 132 Å². The summed E-state index contributed by atoms with van der Waals surface area (Å²) in [6.07, 6.45) is -0.797. The van der Waals surface area contributed by atoms with Gasteiger partial charge < -0.3 is 33.9 Å². The Labute approximate surface area is 208 Å². The Balaban J connectivity index is 0.000000608. The maximum Gasteiger partial charge on any atom is 0.492 e. The summed E-state index contributed by atoms with van der Waals surface area (Å²) in [5, 5.41) is 28.0. The quantitative estimate of drug-likeness (QED) is 0.522. The lowest BCUT2D eigenvalue weighted by atomic mass is 9.79. The fourth-order valence-corrected chi connectivity index (χ4v) is 3.71. The molecule has 0 aromatic heterocycles. The van der Waals surface area contributed by atoms with Crippen LogP contribution < -0.4 is 20.4 Å². The Morgan fingerprint density at radius 1 is 0.829 bits per heavy atom. The van der Waals surface area contributed by atoms with Crippen molar-refractivity contribution in [3.05, 3.63) is 47.5 Å². The minimum Gasteiger partial charge on any atom is -0.497 e. The first kappa shape index (κ1) is 32.1. The maximum absolute atomic E-state index is 11.1. The SMILES string of the molecule is C.C.C.COc1ccc2c(c1)B(O)OC2CC(=O)O.COc1ccc2c(c1)B(O)OC2CC(C)=O. The third-order valence-electron chi connectivity index (χ3n) is 5.23. The number of hydrogen-bond donors (Lipinski definition) is 3. The molecule has 4 rings (SSSR count). The molecule has 2 heterocycles. The second-order valence-corrected chi connectivity index (χ2v) is 7.45. The monoisotopic (exact) mass is 490 g/mol. The van der Waals surface area contributed by atoms with Crippen LogP contribution in [0, 0.1) is 0 Å². The van der Waals surface area contributed by atoms with Crippen LogP contribution >= 0.6 is 0 Å². The Morgan fingerprint density at radius 3 is 1.57 bits per heavy atom. The van der Waals surface area contributed by atoms with Crippen molar-refractivity contribution in [2.75, 3.05) is 14.2 Å². The van der Waals surface area contributed by atoms with Gasteiger partial charge in [0.1, 0.15) is 17.3 Å². The molecule has 0 bridgehead atoms. The van der Waals surface area contributed by atoms with E-state index in [-0.39, 0.29) is 47.0 Å². The van der Waals surface area contributed by atoms with Gasteiger partial charge in [0.25, 0.3) is 0 Å². The minimum atomic E-state index is -1.07. The van der Waals surface area contributed by atoms with Gasteiger partial charge in [0.05, 0.1) is 32.8 Å². The number of benzene rings is 2. The summed E-state index contributed by atoms with van der Waals surface area (Å²) in [6, 6.07) is 10.5. The first-order chi connectivity index (χ1) is 15.2. The molecule has 0 amide bonds. The third-order valence-corrected chi connectivity index (χ3v) is 5.23. The van der Waals surface area contributed by atoms with E-state index in [1.54, 1.807) is 37.4 Å². The van der Waals surface area contributed by atoms with Crippen LogP contribution in [0.25, 0.3) is 0 Å². The molecule has 2 aromatic carbocycles. The zero-order valence-electron chi connectivity index (χ0n) is 18.0. The number of carbonyl (C=O) groups excluding carboxylic acids is 1. The number of carboxylic acids is 1. The van der Waals surface area contributed by atoms with E-state index in [1.807, 2.05) is 6.07 Å². The van der Waals surface area contributed by atoms with Gasteiger partial charge in [0.2, 0.25) is 0 Å². The molecule has 0 fully saturated rings. The fourth-order valence-electron chi connectivity index (χ4n) is 3.71. The highest BCUT2D eigenvalue weighted by Crippen LogP contribution is 2.29. The van der Waals surface area contributed by atoms with E-state index in [2.05, 4.69) is 0 Å². The van der Waals surface area contributed by atoms with Crippen LogP contribution in [0.5, 0.6) is 11.5 Å². The largest absolute Gasteiger partial charge is 0.497 e. The van der Waals surface area contributed by atoms with E-state index in [1.165, 1.54) is 14.0 Å². The van der Waals surface area contributed by atoms with Gasteiger partial charge in [-0.15, -0.1) is 0 Å². The molecule has 0 saturated carbocycles. The number of hydrogen-bond acceptors (Lipinski definition) is 8. The second-order valence-electron chi connectivity index (χ2n) is 7.45. The Kier molecular flexibility index (Phi) is 12.8. The maximum atomic E-state index is 11.1. The lowest BCUT2D eigenvalue weighted by Gasteiger charge is -2.09. The Morgan fingerprint density at radius 2 is 1.23 bits per heavy atom. The average Bonchev–Trinajstić information content (AvgIpc) is 3.23. The number of rotatable bonds is 6. The van der Waals surface area contributed by atoms with Crippen molar-refractivity contribution in [3.8, 4) is 11.5 Å². The summed E-state index contributed by atoms with van der Waals surface area (Å²) < 4.78 is 20.6. The highest BCUT2D eigenvalue weighted by molar-refractivity contribution is 6.62. The van der Waals surface area contributed by atoms with Crippen molar-refractivity contribution in [2.24, 2.45) is 0 Å². The van der Waals surface area contributed by atoms with Crippen molar-refractivity contribution in [2.45, 2.75) is 54.3 Å². The zero-order chi connectivity index (χ0) is 23.4. The first-order valence-corrected chi connectivity index (χ1v) is 9.97. The standard InChI is InChI=1S/C11H13BO4.C10H11BO5.3CH4/c1-7(13)5-11-9-4-3-8(15-2)6-10(9)12(14)16-11;1-15-6-2-3-7-8(4-6)11(14)16-9(7)5-10(12)13;;;/h3-4,6,11,14H,5H2,1-2H3;2-4,9,14H,5H2,1H3,(H,12,13);3*1H4. The van der Waals surface area contributed by atoms with E-state index in [0.29, 0.717) is 28.0 Å². The smallest absolute Gasteiger partial charge is 0.492 e. The van der Waals surface area contributed by atoms with Crippen molar-refractivity contribution in [1.82, 2.24) is 0 Å². The number of Topliss-reactive ketones (excluding diaryl/α,β-unsaturated/α-hetero) is 1. The first-order valence-electron chi connectivity index (χ1n) is 9.97. The van der Waals surface area contributed by atoms with Crippen LogP contribution in [-0.2, 0) is 18.9 Å². The molecule has 2 aromatic rings. The molecule has 2 atom stereocenters. The van der Waals surface area contributed by atoms with Gasteiger partial charge in [0, 0.05) is 6.42 Å². The van der Waals surface area contributed by atoms with Gasteiger partial charge in [-0.3, -0.25) is 9.59 Å². The highest BCUT2D eigenvalue weighted by Gasteiger charge is 2.37. The number of ether oxygens (including phenoxy) is 2. The van der Waals surface area contributed by atoms with Crippen molar-refractivity contribution >= 4 is 36.9 Å².